The minimum Gasteiger partial charge on any atom is -0.504 e. The van der Waals surface area contributed by atoms with Crippen molar-refractivity contribution in [3.8, 4) is 11.5 Å². The van der Waals surface area contributed by atoms with Gasteiger partial charge in [-0.3, -0.25) is 9.59 Å². The molecule has 0 bridgehead atoms. The maximum atomic E-state index is 13.2. The van der Waals surface area contributed by atoms with Crippen molar-refractivity contribution in [2.24, 2.45) is 0 Å². The Morgan fingerprint density at radius 3 is 2.46 bits per heavy atom. The van der Waals surface area contributed by atoms with Gasteiger partial charge in [-0.2, -0.15) is 0 Å². The van der Waals surface area contributed by atoms with E-state index in [4.69, 9.17) is 4.74 Å². The van der Waals surface area contributed by atoms with Crippen LogP contribution in [-0.4, -0.2) is 23.9 Å². The Bertz CT molecular complexity index is 981. The summed E-state index contributed by atoms with van der Waals surface area (Å²) < 4.78 is 18.4. The van der Waals surface area contributed by atoms with Crippen LogP contribution in [-0.2, 0) is 9.59 Å². The smallest absolute Gasteiger partial charge is 0.225 e. The molecular formula is C22H20FNO4. The van der Waals surface area contributed by atoms with Crippen LogP contribution in [0.25, 0.3) is 0 Å². The number of ether oxygens (including phenoxy) is 1. The number of carbonyl (C=O) groups excluding carboxylic acids is 2. The van der Waals surface area contributed by atoms with Crippen molar-refractivity contribution in [3.63, 3.8) is 0 Å². The molecule has 0 unspecified atom stereocenters. The van der Waals surface area contributed by atoms with Gasteiger partial charge in [0.2, 0.25) is 5.91 Å². The monoisotopic (exact) mass is 381 g/mol. The Hall–Kier alpha value is -3.15. The molecule has 6 heteroatoms. The van der Waals surface area contributed by atoms with E-state index in [-0.39, 0.29) is 41.5 Å². The molecule has 0 fully saturated rings. The Morgan fingerprint density at radius 1 is 1.04 bits per heavy atom. The lowest BCUT2D eigenvalue weighted by Gasteiger charge is -2.34. The molecule has 1 heterocycles. The number of hydrogen-bond acceptors (Lipinski definition) is 4. The zero-order valence-corrected chi connectivity index (χ0v) is 15.4. The van der Waals surface area contributed by atoms with Crippen LogP contribution in [0.3, 0.4) is 0 Å². The van der Waals surface area contributed by atoms with Crippen molar-refractivity contribution >= 4 is 11.7 Å². The van der Waals surface area contributed by atoms with E-state index in [1.54, 1.807) is 24.3 Å². The van der Waals surface area contributed by atoms with Crippen LogP contribution in [0.2, 0.25) is 0 Å². The van der Waals surface area contributed by atoms with E-state index in [0.717, 1.165) is 11.1 Å². The number of hydrogen-bond donors (Lipinski definition) is 2. The van der Waals surface area contributed by atoms with Gasteiger partial charge in [0, 0.05) is 30.0 Å². The molecule has 4 rings (SSSR count). The van der Waals surface area contributed by atoms with Gasteiger partial charge in [0.25, 0.3) is 0 Å². The van der Waals surface area contributed by atoms with Crippen LogP contribution in [0.15, 0.2) is 53.7 Å². The summed E-state index contributed by atoms with van der Waals surface area (Å²) in [4.78, 5) is 25.4. The number of allylic oxidation sites excluding steroid dienone is 2. The number of benzene rings is 2. The molecule has 1 aliphatic carbocycles. The predicted octanol–water partition coefficient (Wildman–Crippen LogP) is 3.54. The molecule has 0 saturated heterocycles. The second-order valence-corrected chi connectivity index (χ2v) is 7.21. The molecule has 2 atom stereocenters. The molecule has 2 aliphatic rings. The van der Waals surface area contributed by atoms with Crippen molar-refractivity contribution < 1.29 is 23.8 Å². The first-order valence-electron chi connectivity index (χ1n) is 9.14. The third-order valence-electron chi connectivity index (χ3n) is 5.48. The summed E-state index contributed by atoms with van der Waals surface area (Å²) in [7, 11) is 1.45. The lowest BCUT2D eigenvalue weighted by Crippen LogP contribution is -2.38. The Labute approximate surface area is 161 Å². The van der Waals surface area contributed by atoms with Crippen LogP contribution < -0.4 is 10.1 Å². The zero-order chi connectivity index (χ0) is 19.8. The van der Waals surface area contributed by atoms with Crippen molar-refractivity contribution in [1.82, 2.24) is 5.32 Å². The summed E-state index contributed by atoms with van der Waals surface area (Å²) in [6, 6.07) is 11.0. The predicted molar refractivity (Wildman–Crippen MR) is 101 cm³/mol. The molecule has 0 saturated carbocycles. The second kappa shape index (κ2) is 7.11. The number of aromatic hydroxyl groups is 1. The Kier molecular flexibility index (Phi) is 4.63. The van der Waals surface area contributed by atoms with Gasteiger partial charge in [0.15, 0.2) is 17.3 Å². The highest BCUT2D eigenvalue weighted by Crippen LogP contribution is 2.43. The summed E-state index contributed by atoms with van der Waals surface area (Å²) >= 11 is 0. The normalized spacial score (nSPS) is 21.9. The van der Waals surface area contributed by atoms with E-state index in [1.807, 2.05) is 0 Å². The molecule has 0 aromatic heterocycles. The number of carbonyl (C=O) groups is 2. The summed E-state index contributed by atoms with van der Waals surface area (Å²) in [5, 5.41) is 12.7. The van der Waals surface area contributed by atoms with Gasteiger partial charge >= 0.3 is 0 Å². The fraction of sp³-hybridized carbons (Fsp3) is 0.273. The van der Waals surface area contributed by atoms with E-state index < -0.39 is 0 Å². The maximum absolute atomic E-state index is 13.2. The van der Waals surface area contributed by atoms with E-state index in [9.17, 15) is 19.1 Å². The molecule has 144 valence electrons. The fourth-order valence-electron chi connectivity index (χ4n) is 4.13. The van der Waals surface area contributed by atoms with Gasteiger partial charge in [-0.1, -0.05) is 18.2 Å². The lowest BCUT2D eigenvalue weighted by atomic mass is 9.73. The third-order valence-corrected chi connectivity index (χ3v) is 5.48. The van der Waals surface area contributed by atoms with Gasteiger partial charge in [-0.15, -0.1) is 0 Å². The first kappa shape index (κ1) is 18.2. The molecule has 5 nitrogen and oxygen atoms in total. The number of phenols is 1. The maximum Gasteiger partial charge on any atom is 0.225 e. The van der Waals surface area contributed by atoms with Crippen LogP contribution in [0.5, 0.6) is 11.5 Å². The quantitative estimate of drug-likeness (QED) is 0.853. The SMILES string of the molecule is COc1cc([C@H]2CC(=O)NC3=C2C(=O)C[C@@H](c2ccc(F)cc2)C3)ccc1O. The standard InChI is InChI=1S/C22H20FNO4/c1-28-20-10-13(4-7-18(20)25)16-11-21(27)24-17-8-14(9-19(26)22(16)17)12-2-5-15(23)6-3-12/h2-7,10,14,16,25H,8-9,11H2,1H3,(H,24,27)/t14-,16+/m0/s1. The Morgan fingerprint density at radius 2 is 1.75 bits per heavy atom. The van der Waals surface area contributed by atoms with E-state index in [1.165, 1.54) is 25.3 Å². The zero-order valence-electron chi connectivity index (χ0n) is 15.4. The van der Waals surface area contributed by atoms with E-state index in [2.05, 4.69) is 5.32 Å². The number of amides is 1. The topological polar surface area (TPSA) is 75.6 Å². The number of phenolic OH excluding ortho intramolecular Hbond substituents is 1. The van der Waals surface area contributed by atoms with Crippen molar-refractivity contribution in [2.75, 3.05) is 7.11 Å². The van der Waals surface area contributed by atoms with E-state index in [0.29, 0.717) is 29.9 Å². The lowest BCUT2D eigenvalue weighted by molar-refractivity contribution is -0.122. The van der Waals surface area contributed by atoms with Gasteiger partial charge in [-0.05, 0) is 47.7 Å². The van der Waals surface area contributed by atoms with Crippen molar-refractivity contribution in [2.45, 2.75) is 31.1 Å². The van der Waals surface area contributed by atoms with Crippen LogP contribution >= 0.6 is 0 Å². The number of methoxy groups -OCH3 is 1. The van der Waals surface area contributed by atoms with Crippen molar-refractivity contribution in [3.05, 3.63) is 70.7 Å². The number of ketones is 1. The Balaban J connectivity index is 1.71. The van der Waals surface area contributed by atoms with E-state index >= 15 is 0 Å². The average molecular weight is 381 g/mol. The molecular weight excluding hydrogens is 361 g/mol. The van der Waals surface area contributed by atoms with Crippen LogP contribution in [0.1, 0.15) is 42.2 Å². The van der Waals surface area contributed by atoms with Crippen LogP contribution in [0.4, 0.5) is 4.39 Å². The summed E-state index contributed by atoms with van der Waals surface area (Å²) in [6.07, 6.45) is 0.996. The minimum absolute atomic E-state index is 0.00654. The number of nitrogens with one attached hydrogen (secondary N) is 1. The highest BCUT2D eigenvalue weighted by molar-refractivity contribution is 6.02. The van der Waals surface area contributed by atoms with Gasteiger partial charge < -0.3 is 15.2 Å². The largest absolute Gasteiger partial charge is 0.504 e. The highest BCUT2D eigenvalue weighted by Gasteiger charge is 2.38. The number of rotatable bonds is 3. The third kappa shape index (κ3) is 3.26. The van der Waals surface area contributed by atoms with Gasteiger partial charge in [0.1, 0.15) is 5.82 Å². The van der Waals surface area contributed by atoms with Crippen LogP contribution in [0, 0.1) is 5.82 Å². The fourth-order valence-corrected chi connectivity index (χ4v) is 4.13. The molecule has 0 radical (unpaired) electrons. The summed E-state index contributed by atoms with van der Waals surface area (Å²) in [5.74, 6) is -0.653. The minimum atomic E-state index is -0.375. The second-order valence-electron chi connectivity index (χ2n) is 7.21. The average Bonchev–Trinajstić information content (AvgIpc) is 2.68. The molecule has 2 N–H and O–H groups in total. The highest BCUT2D eigenvalue weighted by atomic mass is 19.1. The molecule has 28 heavy (non-hydrogen) atoms. The molecule has 1 aliphatic heterocycles. The van der Waals surface area contributed by atoms with Crippen molar-refractivity contribution in [1.29, 1.82) is 0 Å². The number of halogens is 1. The molecule has 2 aromatic carbocycles. The molecule has 0 spiro atoms. The first-order chi connectivity index (χ1) is 13.5. The molecule has 1 amide bonds. The first-order valence-corrected chi connectivity index (χ1v) is 9.14. The summed E-state index contributed by atoms with van der Waals surface area (Å²) in [6.45, 7) is 0. The molecule has 2 aromatic rings. The van der Waals surface area contributed by atoms with Gasteiger partial charge in [-0.25, -0.2) is 4.39 Å². The number of Topliss-reactive ketones (excluding diaryl/α,β-unsaturated/α-hetero) is 1. The van der Waals surface area contributed by atoms with Gasteiger partial charge in [0.05, 0.1) is 7.11 Å². The summed E-state index contributed by atoms with van der Waals surface area (Å²) in [5.41, 5.74) is 2.89.